The SMILES string of the molecule is O=C(O)CC(NC(=O)c1cc(O)n(-c2ccccc2)n1)C1CC1. The molecular formula is C16H17N3O4. The molecule has 1 aromatic heterocycles. The van der Waals surface area contributed by atoms with E-state index in [9.17, 15) is 14.7 Å². The summed E-state index contributed by atoms with van der Waals surface area (Å²) in [5.74, 6) is -1.37. The minimum Gasteiger partial charge on any atom is -0.493 e. The first-order valence-corrected chi connectivity index (χ1v) is 7.41. The summed E-state index contributed by atoms with van der Waals surface area (Å²) < 4.78 is 1.26. The molecule has 1 amide bonds. The number of nitrogens with zero attached hydrogens (tertiary/aromatic N) is 2. The van der Waals surface area contributed by atoms with Crippen molar-refractivity contribution in [3.05, 3.63) is 42.1 Å². The second kappa shape index (κ2) is 6.12. The van der Waals surface area contributed by atoms with E-state index in [-0.39, 0.29) is 23.9 Å². The van der Waals surface area contributed by atoms with Crippen LogP contribution in [0, 0.1) is 5.92 Å². The van der Waals surface area contributed by atoms with Gasteiger partial charge in [0.1, 0.15) is 0 Å². The van der Waals surface area contributed by atoms with Gasteiger partial charge < -0.3 is 15.5 Å². The average molecular weight is 315 g/mol. The number of hydrogen-bond donors (Lipinski definition) is 3. The number of carboxylic acids is 1. The fraction of sp³-hybridized carbons (Fsp3) is 0.312. The van der Waals surface area contributed by atoms with Crippen LogP contribution in [0.25, 0.3) is 5.69 Å². The van der Waals surface area contributed by atoms with Gasteiger partial charge in [-0.15, -0.1) is 0 Å². The predicted molar refractivity (Wildman–Crippen MR) is 81.5 cm³/mol. The van der Waals surface area contributed by atoms with E-state index in [2.05, 4.69) is 10.4 Å². The fourth-order valence-electron chi connectivity index (χ4n) is 2.51. The Morgan fingerprint density at radius 1 is 1.30 bits per heavy atom. The topological polar surface area (TPSA) is 104 Å². The Labute approximate surface area is 132 Å². The maximum Gasteiger partial charge on any atom is 0.305 e. The first-order valence-electron chi connectivity index (χ1n) is 7.41. The number of benzene rings is 1. The lowest BCUT2D eigenvalue weighted by Gasteiger charge is -2.15. The highest BCUT2D eigenvalue weighted by molar-refractivity contribution is 5.93. The number of rotatable bonds is 6. The molecule has 0 aliphatic heterocycles. The van der Waals surface area contributed by atoms with Crippen molar-refractivity contribution >= 4 is 11.9 Å². The van der Waals surface area contributed by atoms with Crippen molar-refractivity contribution in [1.29, 1.82) is 0 Å². The standard InChI is InChI=1S/C16H17N3O4/c20-14-8-13(18-19(14)11-4-2-1-3-5-11)16(23)17-12(9-15(21)22)10-6-7-10/h1-5,8,10,12,20H,6-7,9H2,(H,17,23)(H,21,22). The zero-order valence-electron chi connectivity index (χ0n) is 12.3. The Hall–Kier alpha value is -2.83. The van der Waals surface area contributed by atoms with E-state index in [4.69, 9.17) is 5.11 Å². The van der Waals surface area contributed by atoms with E-state index >= 15 is 0 Å². The van der Waals surface area contributed by atoms with Crippen LogP contribution in [0.3, 0.4) is 0 Å². The van der Waals surface area contributed by atoms with Gasteiger partial charge in [0, 0.05) is 12.1 Å². The van der Waals surface area contributed by atoms with Crippen molar-refractivity contribution in [2.75, 3.05) is 0 Å². The highest BCUT2D eigenvalue weighted by Gasteiger charge is 2.34. The molecule has 0 radical (unpaired) electrons. The van der Waals surface area contributed by atoms with Gasteiger partial charge in [0.2, 0.25) is 5.88 Å². The molecule has 2 aromatic rings. The molecule has 120 valence electrons. The Kier molecular flexibility index (Phi) is 4.01. The highest BCUT2D eigenvalue weighted by Crippen LogP contribution is 2.34. The molecule has 3 N–H and O–H groups in total. The van der Waals surface area contributed by atoms with Gasteiger partial charge >= 0.3 is 5.97 Å². The summed E-state index contributed by atoms with van der Waals surface area (Å²) >= 11 is 0. The summed E-state index contributed by atoms with van der Waals surface area (Å²) in [6.07, 6.45) is 1.73. The van der Waals surface area contributed by atoms with Gasteiger partial charge in [0.05, 0.1) is 12.1 Å². The van der Waals surface area contributed by atoms with Crippen LogP contribution in [0.5, 0.6) is 5.88 Å². The zero-order chi connectivity index (χ0) is 16.4. The number of aliphatic carboxylic acids is 1. The summed E-state index contributed by atoms with van der Waals surface area (Å²) in [4.78, 5) is 23.2. The fourth-order valence-corrected chi connectivity index (χ4v) is 2.51. The number of carbonyl (C=O) groups excluding carboxylic acids is 1. The smallest absolute Gasteiger partial charge is 0.305 e. The van der Waals surface area contributed by atoms with Crippen LogP contribution in [0.4, 0.5) is 0 Å². The van der Waals surface area contributed by atoms with E-state index in [1.165, 1.54) is 10.7 Å². The van der Waals surface area contributed by atoms with Crippen molar-refractivity contribution in [3.8, 4) is 11.6 Å². The van der Waals surface area contributed by atoms with E-state index < -0.39 is 17.9 Å². The van der Waals surface area contributed by atoms with Crippen LogP contribution in [-0.2, 0) is 4.79 Å². The third kappa shape index (κ3) is 3.50. The van der Waals surface area contributed by atoms with E-state index in [1.54, 1.807) is 24.3 Å². The van der Waals surface area contributed by atoms with Crippen molar-refractivity contribution in [2.24, 2.45) is 5.92 Å². The van der Waals surface area contributed by atoms with Crippen LogP contribution in [0.1, 0.15) is 29.8 Å². The molecule has 0 bridgehead atoms. The average Bonchev–Trinajstić information content (AvgIpc) is 3.29. The lowest BCUT2D eigenvalue weighted by atomic mass is 10.1. The molecule has 7 nitrogen and oxygen atoms in total. The number of amides is 1. The van der Waals surface area contributed by atoms with Crippen LogP contribution < -0.4 is 5.32 Å². The summed E-state index contributed by atoms with van der Waals surface area (Å²) in [5, 5.41) is 25.7. The minimum atomic E-state index is -0.945. The van der Waals surface area contributed by atoms with Crippen LogP contribution in [0.2, 0.25) is 0 Å². The van der Waals surface area contributed by atoms with Gasteiger partial charge in [0.25, 0.3) is 5.91 Å². The number of aromatic hydroxyl groups is 1. The van der Waals surface area contributed by atoms with Gasteiger partial charge in [-0.1, -0.05) is 18.2 Å². The van der Waals surface area contributed by atoms with Crippen molar-refractivity contribution in [3.63, 3.8) is 0 Å². The molecule has 1 saturated carbocycles. The quantitative estimate of drug-likeness (QED) is 0.750. The monoisotopic (exact) mass is 315 g/mol. The number of carboxylic acid groups (broad SMARTS) is 1. The number of hydrogen-bond acceptors (Lipinski definition) is 4. The third-order valence-corrected chi connectivity index (χ3v) is 3.83. The number of para-hydroxylation sites is 1. The molecule has 0 saturated heterocycles. The molecule has 0 spiro atoms. The molecule has 1 aliphatic rings. The van der Waals surface area contributed by atoms with Gasteiger partial charge in [-0.3, -0.25) is 9.59 Å². The molecule has 1 atom stereocenters. The van der Waals surface area contributed by atoms with E-state index in [1.807, 2.05) is 6.07 Å². The largest absolute Gasteiger partial charge is 0.493 e. The molecular weight excluding hydrogens is 298 g/mol. The Balaban J connectivity index is 1.76. The second-order valence-corrected chi connectivity index (χ2v) is 5.65. The van der Waals surface area contributed by atoms with Crippen LogP contribution in [0.15, 0.2) is 36.4 Å². The van der Waals surface area contributed by atoms with E-state index in [0.717, 1.165) is 12.8 Å². The molecule has 1 aliphatic carbocycles. The molecule has 1 unspecified atom stereocenters. The maximum absolute atomic E-state index is 12.3. The number of carbonyl (C=O) groups is 2. The van der Waals surface area contributed by atoms with Gasteiger partial charge in [0.15, 0.2) is 5.69 Å². The van der Waals surface area contributed by atoms with Gasteiger partial charge in [-0.25, -0.2) is 4.68 Å². The minimum absolute atomic E-state index is 0.0578. The van der Waals surface area contributed by atoms with Crippen LogP contribution in [-0.4, -0.2) is 37.9 Å². The normalized spacial score (nSPS) is 15.1. The first-order chi connectivity index (χ1) is 11.0. The lowest BCUT2D eigenvalue weighted by Crippen LogP contribution is -2.38. The molecule has 1 aromatic carbocycles. The van der Waals surface area contributed by atoms with Crippen LogP contribution >= 0.6 is 0 Å². The highest BCUT2D eigenvalue weighted by atomic mass is 16.4. The third-order valence-electron chi connectivity index (χ3n) is 3.83. The molecule has 1 fully saturated rings. The number of aromatic nitrogens is 2. The summed E-state index contributed by atoms with van der Waals surface area (Å²) in [6, 6.07) is 9.82. The van der Waals surface area contributed by atoms with Gasteiger partial charge in [-0.05, 0) is 30.9 Å². The Bertz CT molecular complexity index is 722. The van der Waals surface area contributed by atoms with Crippen molar-refractivity contribution in [1.82, 2.24) is 15.1 Å². The molecule has 7 heteroatoms. The number of nitrogens with one attached hydrogen (secondary N) is 1. The zero-order valence-corrected chi connectivity index (χ0v) is 12.3. The summed E-state index contributed by atoms with van der Waals surface area (Å²) in [6.45, 7) is 0. The van der Waals surface area contributed by atoms with Gasteiger partial charge in [-0.2, -0.15) is 5.10 Å². The van der Waals surface area contributed by atoms with E-state index in [0.29, 0.717) is 5.69 Å². The molecule has 3 rings (SSSR count). The molecule has 23 heavy (non-hydrogen) atoms. The second-order valence-electron chi connectivity index (χ2n) is 5.65. The maximum atomic E-state index is 12.3. The first kappa shape index (κ1) is 15.1. The Morgan fingerprint density at radius 2 is 2.00 bits per heavy atom. The Morgan fingerprint density at radius 3 is 2.61 bits per heavy atom. The summed E-state index contributed by atoms with van der Waals surface area (Å²) in [5.41, 5.74) is 0.690. The van der Waals surface area contributed by atoms with Crippen molar-refractivity contribution < 1.29 is 19.8 Å². The van der Waals surface area contributed by atoms with Crippen molar-refractivity contribution in [2.45, 2.75) is 25.3 Å². The predicted octanol–water partition coefficient (Wildman–Crippen LogP) is 1.56. The lowest BCUT2D eigenvalue weighted by molar-refractivity contribution is -0.137. The molecule has 1 heterocycles. The summed E-state index contributed by atoms with van der Waals surface area (Å²) in [7, 11) is 0.